The summed E-state index contributed by atoms with van der Waals surface area (Å²) in [6, 6.07) is 7.89. The number of ether oxygens (including phenoxy) is 4. The first kappa shape index (κ1) is 29.3. The molecule has 0 radical (unpaired) electrons. The van der Waals surface area contributed by atoms with E-state index in [2.05, 4.69) is 43.1 Å². The van der Waals surface area contributed by atoms with Crippen molar-refractivity contribution >= 4 is 12.4 Å². The van der Waals surface area contributed by atoms with Crippen molar-refractivity contribution < 1.29 is 23.7 Å². The van der Waals surface area contributed by atoms with Gasteiger partial charge in [-0.3, -0.25) is 4.79 Å². The summed E-state index contributed by atoms with van der Waals surface area (Å²) in [5.41, 5.74) is 3.31. The highest BCUT2D eigenvalue weighted by molar-refractivity contribution is 5.76. The van der Waals surface area contributed by atoms with Gasteiger partial charge in [0, 0.05) is 31.1 Å². The lowest BCUT2D eigenvalue weighted by Crippen LogP contribution is -2.32. The van der Waals surface area contributed by atoms with Gasteiger partial charge < -0.3 is 18.9 Å². The van der Waals surface area contributed by atoms with Gasteiger partial charge in [0.05, 0.1) is 12.2 Å². The molecule has 1 aromatic carbocycles. The summed E-state index contributed by atoms with van der Waals surface area (Å²) in [5.74, 6) is 8.01. The van der Waals surface area contributed by atoms with E-state index in [-0.39, 0.29) is 30.7 Å². The molecule has 2 saturated carbocycles. The molecule has 2 aliphatic heterocycles. The molecule has 0 amide bonds. The van der Waals surface area contributed by atoms with Crippen LogP contribution in [0.4, 0.5) is 0 Å². The largest absolute Gasteiger partial charge is 0.353 e. The minimum absolute atomic E-state index is 0.0444. The van der Waals surface area contributed by atoms with E-state index in [1.807, 2.05) is 25.1 Å². The zero-order valence-corrected chi connectivity index (χ0v) is 24.3. The Morgan fingerprint density at radius 3 is 2.55 bits per heavy atom. The van der Waals surface area contributed by atoms with Crippen molar-refractivity contribution in [2.45, 2.75) is 103 Å². The normalized spacial score (nSPS) is 32.9. The third kappa shape index (κ3) is 7.74. The van der Waals surface area contributed by atoms with Gasteiger partial charge in [0.25, 0.3) is 0 Å². The summed E-state index contributed by atoms with van der Waals surface area (Å²) in [7, 11) is 0. The molecule has 2 saturated heterocycles. The molecule has 8 atom stereocenters. The molecular formula is C35H46O5. The lowest BCUT2D eigenvalue weighted by molar-refractivity contribution is -0.193. The van der Waals surface area contributed by atoms with Crippen LogP contribution >= 0.6 is 0 Å². The number of hydrogen-bond acceptors (Lipinski definition) is 5. The maximum Gasteiger partial charge on any atom is 0.158 e. The first-order valence-corrected chi connectivity index (χ1v) is 15.5. The molecule has 40 heavy (non-hydrogen) atoms. The minimum Gasteiger partial charge on any atom is -0.353 e. The highest BCUT2D eigenvalue weighted by atomic mass is 16.7. The van der Waals surface area contributed by atoms with Crippen LogP contribution in [-0.4, -0.2) is 44.3 Å². The number of rotatable bonds is 10. The summed E-state index contributed by atoms with van der Waals surface area (Å²) in [6.45, 7) is 5.70. The molecule has 216 valence electrons. The molecule has 4 fully saturated rings. The van der Waals surface area contributed by atoms with E-state index < -0.39 is 0 Å². The lowest BCUT2D eigenvalue weighted by atomic mass is 9.89. The van der Waals surface area contributed by atoms with E-state index >= 15 is 0 Å². The number of carbonyl (C=O) groups is 1. The van der Waals surface area contributed by atoms with E-state index in [9.17, 15) is 4.79 Å². The summed E-state index contributed by atoms with van der Waals surface area (Å²) in [5, 5.41) is 0. The highest BCUT2D eigenvalue weighted by Gasteiger charge is 2.47. The molecule has 0 N–H and O–H groups in total. The molecule has 0 aromatic heterocycles. The molecule has 1 aromatic rings. The van der Waals surface area contributed by atoms with Gasteiger partial charge >= 0.3 is 0 Å². The molecule has 2 aliphatic carbocycles. The van der Waals surface area contributed by atoms with Crippen molar-refractivity contribution in [2.24, 2.45) is 23.7 Å². The van der Waals surface area contributed by atoms with Crippen molar-refractivity contribution in [1.82, 2.24) is 0 Å². The smallest absolute Gasteiger partial charge is 0.158 e. The number of carbonyl (C=O) groups excluding carboxylic acids is 1. The summed E-state index contributed by atoms with van der Waals surface area (Å²) < 4.78 is 25.2. The minimum atomic E-state index is -0.136. The van der Waals surface area contributed by atoms with E-state index in [0.29, 0.717) is 17.8 Å². The standard InChI is InChI=1S/C35H46O5/c1-3-4-10-25(2)32(39-34-13-5-7-17-37-34)16-15-30-31-22-28(20-26-11-9-12-27(19-26)24-36)21-29(31)23-33(30)40-35-14-6-8-18-38-35/h9,11-12,15-16,19-20,24-25,29-35H,5-8,10,13-14,17-18,21-23H2,1-2H3/t25?,29?,30?,31?,32-,33?,34?,35?/m1/s1. The molecule has 4 aliphatic rings. The maximum absolute atomic E-state index is 11.3. The summed E-state index contributed by atoms with van der Waals surface area (Å²) in [4.78, 5) is 11.3. The van der Waals surface area contributed by atoms with Gasteiger partial charge in [-0.2, -0.15) is 0 Å². The Morgan fingerprint density at radius 2 is 1.82 bits per heavy atom. The van der Waals surface area contributed by atoms with Gasteiger partial charge in [0.15, 0.2) is 12.6 Å². The zero-order valence-electron chi connectivity index (χ0n) is 24.3. The van der Waals surface area contributed by atoms with Gasteiger partial charge in [-0.25, -0.2) is 0 Å². The molecule has 5 rings (SSSR count). The van der Waals surface area contributed by atoms with Crippen LogP contribution in [0.15, 0.2) is 42.0 Å². The fourth-order valence-electron chi connectivity index (χ4n) is 6.96. The number of aldehydes is 1. The number of benzene rings is 1. The Kier molecular flexibility index (Phi) is 10.7. The van der Waals surface area contributed by atoms with Crippen LogP contribution in [0.1, 0.15) is 94.0 Å². The Morgan fingerprint density at radius 1 is 1.05 bits per heavy atom. The van der Waals surface area contributed by atoms with Crippen LogP contribution in [0, 0.1) is 35.5 Å². The average molecular weight is 547 g/mol. The predicted molar refractivity (Wildman–Crippen MR) is 157 cm³/mol. The molecule has 0 bridgehead atoms. The van der Waals surface area contributed by atoms with Crippen molar-refractivity contribution in [3.05, 3.63) is 53.1 Å². The topological polar surface area (TPSA) is 54.0 Å². The lowest BCUT2D eigenvalue weighted by Gasteiger charge is -2.31. The molecule has 7 unspecified atom stereocenters. The van der Waals surface area contributed by atoms with Crippen LogP contribution in [0.5, 0.6) is 0 Å². The van der Waals surface area contributed by atoms with Gasteiger partial charge in [0.1, 0.15) is 6.29 Å². The second-order valence-electron chi connectivity index (χ2n) is 12.1. The SMILES string of the molecule is CC#CCC(C)[C@@H](C=CC1C(OC2CCCCO2)CC2CC(=Cc3cccc(C=O)c3)CC21)OC1CCCCO1. The van der Waals surface area contributed by atoms with Crippen LogP contribution in [0.3, 0.4) is 0 Å². The van der Waals surface area contributed by atoms with E-state index in [4.69, 9.17) is 18.9 Å². The average Bonchev–Trinajstić information content (AvgIpc) is 3.51. The summed E-state index contributed by atoms with van der Waals surface area (Å²) >= 11 is 0. The van der Waals surface area contributed by atoms with Gasteiger partial charge in [-0.1, -0.05) is 48.9 Å². The Balaban J connectivity index is 1.34. The second-order valence-corrected chi connectivity index (χ2v) is 12.1. The van der Waals surface area contributed by atoms with Crippen LogP contribution in [0.2, 0.25) is 0 Å². The third-order valence-corrected chi connectivity index (χ3v) is 9.10. The number of allylic oxidation sites excluding steroid dienone is 1. The van der Waals surface area contributed by atoms with E-state index in [1.165, 1.54) is 12.0 Å². The second kappa shape index (κ2) is 14.6. The predicted octanol–water partition coefficient (Wildman–Crippen LogP) is 7.36. The van der Waals surface area contributed by atoms with Crippen molar-refractivity contribution in [3.63, 3.8) is 0 Å². The Bertz CT molecular complexity index is 1080. The zero-order chi connectivity index (χ0) is 27.7. The quantitative estimate of drug-likeness (QED) is 0.174. The Labute approximate surface area is 240 Å². The molecule has 5 heteroatoms. The molecular weight excluding hydrogens is 500 g/mol. The fourth-order valence-corrected chi connectivity index (χ4v) is 6.96. The van der Waals surface area contributed by atoms with Gasteiger partial charge in [0.2, 0.25) is 0 Å². The first-order valence-electron chi connectivity index (χ1n) is 15.5. The Hall–Kier alpha value is -2.23. The van der Waals surface area contributed by atoms with Gasteiger partial charge in [-0.15, -0.1) is 11.8 Å². The number of fused-ring (bicyclic) bond motifs is 1. The first-order chi connectivity index (χ1) is 19.6. The van der Waals surface area contributed by atoms with Crippen molar-refractivity contribution in [2.75, 3.05) is 13.2 Å². The van der Waals surface area contributed by atoms with Crippen LogP contribution in [-0.2, 0) is 18.9 Å². The molecule has 0 spiro atoms. The molecule has 2 heterocycles. The van der Waals surface area contributed by atoms with Crippen molar-refractivity contribution in [3.8, 4) is 11.8 Å². The third-order valence-electron chi connectivity index (χ3n) is 9.10. The number of hydrogen-bond donors (Lipinski definition) is 0. The summed E-state index contributed by atoms with van der Waals surface area (Å²) in [6.07, 6.45) is 18.3. The van der Waals surface area contributed by atoms with E-state index in [0.717, 1.165) is 88.4 Å². The fraction of sp³-hybridized carbons (Fsp3) is 0.629. The van der Waals surface area contributed by atoms with Gasteiger partial charge in [-0.05, 0) is 94.1 Å². The maximum atomic E-state index is 11.3. The highest BCUT2D eigenvalue weighted by Crippen LogP contribution is 2.52. The monoisotopic (exact) mass is 546 g/mol. The van der Waals surface area contributed by atoms with Crippen LogP contribution < -0.4 is 0 Å². The van der Waals surface area contributed by atoms with E-state index in [1.54, 1.807) is 0 Å². The molecule has 5 nitrogen and oxygen atoms in total. The van der Waals surface area contributed by atoms with Crippen molar-refractivity contribution in [1.29, 1.82) is 0 Å². The van der Waals surface area contributed by atoms with Crippen LogP contribution in [0.25, 0.3) is 6.08 Å².